The molecule has 0 heterocycles. The lowest BCUT2D eigenvalue weighted by atomic mass is 9.79. The fourth-order valence-corrected chi connectivity index (χ4v) is 1.94. The van der Waals surface area contributed by atoms with Crippen LogP contribution in [0.2, 0.25) is 0 Å². The molecule has 0 radical (unpaired) electrons. The van der Waals surface area contributed by atoms with Gasteiger partial charge in [0.05, 0.1) is 12.0 Å². The van der Waals surface area contributed by atoms with E-state index in [9.17, 15) is 9.90 Å². The van der Waals surface area contributed by atoms with E-state index in [-0.39, 0.29) is 5.92 Å². The molecule has 3 nitrogen and oxygen atoms in total. The summed E-state index contributed by atoms with van der Waals surface area (Å²) >= 11 is 0. The number of aliphatic carboxylic acids is 1. The van der Waals surface area contributed by atoms with Crippen LogP contribution < -0.4 is 0 Å². The summed E-state index contributed by atoms with van der Waals surface area (Å²) in [6, 6.07) is 0. The molecule has 0 aliphatic heterocycles. The van der Waals surface area contributed by atoms with Crippen molar-refractivity contribution >= 4 is 5.97 Å². The summed E-state index contributed by atoms with van der Waals surface area (Å²) in [7, 11) is 0. The molecule has 3 atom stereocenters. The lowest BCUT2D eigenvalue weighted by molar-refractivity contribution is -0.145. The van der Waals surface area contributed by atoms with E-state index in [0.717, 1.165) is 19.3 Å². The topological polar surface area (TPSA) is 57.5 Å². The first-order valence-electron chi connectivity index (χ1n) is 4.54. The van der Waals surface area contributed by atoms with Gasteiger partial charge in [-0.05, 0) is 25.2 Å². The van der Waals surface area contributed by atoms with Crippen LogP contribution in [-0.2, 0) is 4.79 Å². The van der Waals surface area contributed by atoms with E-state index in [1.54, 1.807) is 0 Å². The number of aliphatic hydroxyl groups excluding tert-OH is 1. The van der Waals surface area contributed by atoms with Gasteiger partial charge < -0.3 is 10.2 Å². The van der Waals surface area contributed by atoms with E-state index in [2.05, 4.69) is 0 Å². The summed E-state index contributed by atoms with van der Waals surface area (Å²) in [4.78, 5) is 10.7. The number of hydrogen-bond acceptors (Lipinski definition) is 2. The third-order valence-electron chi connectivity index (χ3n) is 2.71. The predicted octanol–water partition coefficient (Wildman–Crippen LogP) is 1.26. The Bertz CT molecular complexity index is 167. The van der Waals surface area contributed by atoms with Gasteiger partial charge in [0, 0.05) is 0 Å². The van der Waals surface area contributed by atoms with Gasteiger partial charge in [0.15, 0.2) is 0 Å². The maximum Gasteiger partial charge on any atom is 0.306 e. The average molecular weight is 172 g/mol. The quantitative estimate of drug-likeness (QED) is 0.659. The largest absolute Gasteiger partial charge is 0.481 e. The van der Waals surface area contributed by atoms with E-state index in [1.165, 1.54) is 0 Å². The molecular weight excluding hydrogens is 156 g/mol. The number of carboxylic acids is 1. The number of carboxylic acid groups (broad SMARTS) is 1. The molecule has 0 unspecified atom stereocenters. The molecule has 0 aromatic rings. The molecule has 3 heteroatoms. The Hall–Kier alpha value is -0.570. The zero-order valence-electron chi connectivity index (χ0n) is 7.36. The smallest absolute Gasteiger partial charge is 0.306 e. The Morgan fingerprint density at radius 1 is 1.42 bits per heavy atom. The number of aliphatic hydroxyl groups is 1. The summed E-state index contributed by atoms with van der Waals surface area (Å²) in [6.45, 7) is 2.04. The Balaban J connectivity index is 2.51. The van der Waals surface area contributed by atoms with Crippen LogP contribution >= 0.6 is 0 Å². The minimum Gasteiger partial charge on any atom is -0.481 e. The minimum atomic E-state index is -0.757. The van der Waals surface area contributed by atoms with Crippen molar-refractivity contribution in [2.45, 2.75) is 38.7 Å². The van der Waals surface area contributed by atoms with Crippen molar-refractivity contribution in [2.24, 2.45) is 11.8 Å². The van der Waals surface area contributed by atoms with Crippen LogP contribution in [0.3, 0.4) is 0 Å². The molecular formula is C9H16O3. The number of rotatable bonds is 2. The highest BCUT2D eigenvalue weighted by Crippen LogP contribution is 2.31. The molecule has 0 spiro atoms. The third-order valence-corrected chi connectivity index (χ3v) is 2.71. The fraction of sp³-hybridized carbons (Fsp3) is 0.889. The van der Waals surface area contributed by atoms with Gasteiger partial charge in [-0.3, -0.25) is 4.79 Å². The third kappa shape index (κ3) is 2.21. The standard InChI is InChI=1S/C9H16O3/c1-2-6-3-7(9(11)12)5-8(10)4-6/h6-8,10H,2-5H2,1H3,(H,11,12)/t6-,7+,8+/m1/s1. The van der Waals surface area contributed by atoms with Crippen molar-refractivity contribution in [1.29, 1.82) is 0 Å². The normalized spacial score (nSPS) is 36.3. The number of hydrogen-bond donors (Lipinski definition) is 2. The van der Waals surface area contributed by atoms with E-state index in [0.29, 0.717) is 12.3 Å². The molecule has 0 aromatic carbocycles. The molecule has 0 bridgehead atoms. The molecule has 1 fully saturated rings. The summed E-state index contributed by atoms with van der Waals surface area (Å²) in [5.41, 5.74) is 0. The van der Waals surface area contributed by atoms with Crippen LogP contribution in [0.15, 0.2) is 0 Å². The average Bonchev–Trinajstić information content (AvgIpc) is 2.03. The van der Waals surface area contributed by atoms with Gasteiger partial charge in [-0.25, -0.2) is 0 Å². The first-order chi connectivity index (χ1) is 5.63. The van der Waals surface area contributed by atoms with E-state index < -0.39 is 12.1 Å². The van der Waals surface area contributed by atoms with E-state index in [1.807, 2.05) is 6.92 Å². The zero-order chi connectivity index (χ0) is 9.14. The highest BCUT2D eigenvalue weighted by Gasteiger charge is 2.30. The molecule has 1 aliphatic rings. The van der Waals surface area contributed by atoms with Crippen molar-refractivity contribution in [1.82, 2.24) is 0 Å². The molecule has 12 heavy (non-hydrogen) atoms. The molecule has 1 aliphatic carbocycles. The first-order valence-corrected chi connectivity index (χ1v) is 4.54. The van der Waals surface area contributed by atoms with Crippen molar-refractivity contribution in [3.63, 3.8) is 0 Å². The van der Waals surface area contributed by atoms with Gasteiger partial charge in [0.2, 0.25) is 0 Å². The zero-order valence-corrected chi connectivity index (χ0v) is 7.36. The van der Waals surface area contributed by atoms with Gasteiger partial charge in [-0.1, -0.05) is 13.3 Å². The molecule has 0 aromatic heterocycles. The summed E-state index contributed by atoms with van der Waals surface area (Å²) in [5.74, 6) is -0.680. The van der Waals surface area contributed by atoms with Crippen LogP contribution in [0.1, 0.15) is 32.6 Å². The maximum absolute atomic E-state index is 10.7. The lowest BCUT2D eigenvalue weighted by Gasteiger charge is -2.29. The van der Waals surface area contributed by atoms with Gasteiger partial charge in [0.1, 0.15) is 0 Å². The van der Waals surface area contributed by atoms with Crippen molar-refractivity contribution in [2.75, 3.05) is 0 Å². The van der Waals surface area contributed by atoms with Crippen LogP contribution in [0, 0.1) is 11.8 Å². The molecule has 0 amide bonds. The van der Waals surface area contributed by atoms with Crippen molar-refractivity contribution in [3.8, 4) is 0 Å². The van der Waals surface area contributed by atoms with Crippen LogP contribution in [0.4, 0.5) is 0 Å². The lowest BCUT2D eigenvalue weighted by Crippen LogP contribution is -2.30. The van der Waals surface area contributed by atoms with Gasteiger partial charge in [-0.15, -0.1) is 0 Å². The number of carbonyl (C=O) groups is 1. The highest BCUT2D eigenvalue weighted by molar-refractivity contribution is 5.70. The molecule has 2 N–H and O–H groups in total. The molecule has 0 saturated heterocycles. The molecule has 70 valence electrons. The predicted molar refractivity (Wildman–Crippen MR) is 44.8 cm³/mol. The van der Waals surface area contributed by atoms with Crippen molar-refractivity contribution < 1.29 is 15.0 Å². The summed E-state index contributed by atoms with van der Waals surface area (Å²) in [6.07, 6.45) is 2.53. The monoisotopic (exact) mass is 172 g/mol. The Kier molecular flexibility index (Phi) is 3.09. The highest BCUT2D eigenvalue weighted by atomic mass is 16.4. The Morgan fingerprint density at radius 2 is 2.08 bits per heavy atom. The molecule has 1 rings (SSSR count). The Labute approximate surface area is 72.4 Å². The minimum absolute atomic E-state index is 0.321. The van der Waals surface area contributed by atoms with E-state index in [4.69, 9.17) is 5.11 Å². The van der Waals surface area contributed by atoms with Crippen LogP contribution in [0.25, 0.3) is 0 Å². The second-order valence-corrected chi connectivity index (χ2v) is 3.67. The van der Waals surface area contributed by atoms with Crippen LogP contribution in [0.5, 0.6) is 0 Å². The van der Waals surface area contributed by atoms with Crippen molar-refractivity contribution in [3.05, 3.63) is 0 Å². The Morgan fingerprint density at radius 3 is 2.58 bits per heavy atom. The van der Waals surface area contributed by atoms with Crippen LogP contribution in [-0.4, -0.2) is 22.3 Å². The molecule has 1 saturated carbocycles. The van der Waals surface area contributed by atoms with Gasteiger partial charge in [0.25, 0.3) is 0 Å². The summed E-state index contributed by atoms with van der Waals surface area (Å²) in [5, 5.41) is 18.1. The summed E-state index contributed by atoms with van der Waals surface area (Å²) < 4.78 is 0. The van der Waals surface area contributed by atoms with E-state index >= 15 is 0 Å². The van der Waals surface area contributed by atoms with Gasteiger partial charge >= 0.3 is 5.97 Å². The SMILES string of the molecule is CC[C@H]1C[C@H](O)C[C@@H](C(=O)O)C1. The van der Waals surface area contributed by atoms with Gasteiger partial charge in [-0.2, -0.15) is 0 Å². The fourth-order valence-electron chi connectivity index (χ4n) is 1.94. The second kappa shape index (κ2) is 3.90. The maximum atomic E-state index is 10.7. The second-order valence-electron chi connectivity index (χ2n) is 3.67. The first kappa shape index (κ1) is 9.52.